The Morgan fingerprint density at radius 3 is 2.00 bits per heavy atom. The summed E-state index contributed by atoms with van der Waals surface area (Å²) in [5.74, 6) is 0. The zero-order chi connectivity index (χ0) is 11.5. The molecular weight excluding hydrogens is 180 g/mol. The third kappa shape index (κ3) is 5.69. The van der Waals surface area contributed by atoms with Crippen LogP contribution in [0.15, 0.2) is 72.4 Å². The van der Waals surface area contributed by atoms with Crippen molar-refractivity contribution in [2.45, 2.75) is 20.8 Å². The maximum atomic E-state index is 3.82. The molecule has 0 unspecified atom stereocenters. The molecule has 0 fully saturated rings. The molecule has 0 bridgehead atoms. The van der Waals surface area contributed by atoms with Crippen molar-refractivity contribution in [1.29, 1.82) is 0 Å². The molecule has 0 heterocycles. The minimum Gasteiger partial charge on any atom is -0.0984 e. The van der Waals surface area contributed by atoms with E-state index in [1.165, 1.54) is 5.57 Å². The van der Waals surface area contributed by atoms with Crippen molar-refractivity contribution in [3.05, 3.63) is 72.4 Å². The smallest absolute Gasteiger partial charge is 0.0193 e. The molecule has 15 heavy (non-hydrogen) atoms. The molecule has 0 amide bonds. The number of rotatable bonds is 5. The average molecular weight is 200 g/mol. The van der Waals surface area contributed by atoms with E-state index in [4.69, 9.17) is 0 Å². The van der Waals surface area contributed by atoms with Crippen LogP contribution in [-0.2, 0) is 0 Å². The highest BCUT2D eigenvalue weighted by Crippen LogP contribution is 2.13. The van der Waals surface area contributed by atoms with Crippen LogP contribution in [0.4, 0.5) is 0 Å². The van der Waals surface area contributed by atoms with Crippen LogP contribution in [0.2, 0.25) is 0 Å². The summed E-state index contributed by atoms with van der Waals surface area (Å²) in [7, 11) is 0. The number of allylic oxidation sites excluding steroid dienone is 11. The van der Waals surface area contributed by atoms with Crippen molar-refractivity contribution in [1.82, 2.24) is 0 Å². The molecule has 0 atom stereocenters. The van der Waals surface area contributed by atoms with E-state index in [1.54, 1.807) is 0 Å². The Morgan fingerprint density at radius 1 is 0.867 bits per heavy atom. The zero-order valence-corrected chi connectivity index (χ0v) is 9.90. The summed E-state index contributed by atoms with van der Waals surface area (Å²) in [5, 5.41) is 0. The van der Waals surface area contributed by atoms with Crippen molar-refractivity contribution >= 4 is 0 Å². The predicted octanol–water partition coefficient (Wildman–Crippen LogP) is 4.75. The van der Waals surface area contributed by atoms with E-state index in [1.807, 2.05) is 57.2 Å². The van der Waals surface area contributed by atoms with Crippen LogP contribution < -0.4 is 0 Å². The summed E-state index contributed by atoms with van der Waals surface area (Å²) in [6.07, 6.45) is 18.2. The lowest BCUT2D eigenvalue weighted by molar-refractivity contribution is 1.50. The molecule has 0 saturated carbocycles. The van der Waals surface area contributed by atoms with E-state index < -0.39 is 0 Å². The van der Waals surface area contributed by atoms with Gasteiger partial charge in [-0.15, -0.1) is 0 Å². The molecule has 0 nitrogen and oxygen atoms in total. The van der Waals surface area contributed by atoms with Crippen LogP contribution >= 0.6 is 0 Å². The lowest BCUT2D eigenvalue weighted by atomic mass is 10.0. The molecule has 0 radical (unpaired) electrons. The second kappa shape index (κ2) is 9.01. The molecule has 0 heteroatoms. The maximum absolute atomic E-state index is 3.82. The molecule has 0 spiro atoms. The van der Waals surface area contributed by atoms with E-state index in [0.717, 1.165) is 5.57 Å². The Kier molecular flexibility index (Phi) is 8.08. The molecular formula is C15H20. The first-order valence-electron chi connectivity index (χ1n) is 5.21. The Hall–Kier alpha value is -1.56. The molecule has 0 N–H and O–H groups in total. The van der Waals surface area contributed by atoms with Crippen LogP contribution in [0.3, 0.4) is 0 Å². The summed E-state index contributed by atoms with van der Waals surface area (Å²) in [4.78, 5) is 0. The lowest BCUT2D eigenvalue weighted by Gasteiger charge is -2.00. The van der Waals surface area contributed by atoms with E-state index in [0.29, 0.717) is 0 Å². The minimum atomic E-state index is 1.14. The lowest BCUT2D eigenvalue weighted by Crippen LogP contribution is -1.81. The third-order valence-electron chi connectivity index (χ3n) is 1.91. The Balaban J connectivity index is 4.86. The highest BCUT2D eigenvalue weighted by molar-refractivity contribution is 5.47. The normalized spacial score (nSPS) is 14.6. The van der Waals surface area contributed by atoms with Gasteiger partial charge >= 0.3 is 0 Å². The van der Waals surface area contributed by atoms with Crippen LogP contribution in [-0.4, -0.2) is 0 Å². The van der Waals surface area contributed by atoms with Crippen LogP contribution in [0.1, 0.15) is 20.8 Å². The summed E-state index contributed by atoms with van der Waals surface area (Å²) in [6, 6.07) is 0. The van der Waals surface area contributed by atoms with Gasteiger partial charge in [0.2, 0.25) is 0 Å². The van der Waals surface area contributed by atoms with Gasteiger partial charge in [-0.1, -0.05) is 61.3 Å². The van der Waals surface area contributed by atoms with Crippen molar-refractivity contribution in [2.75, 3.05) is 0 Å². The molecule has 0 aliphatic carbocycles. The predicted molar refractivity (Wildman–Crippen MR) is 70.8 cm³/mol. The summed E-state index contributed by atoms with van der Waals surface area (Å²) in [6.45, 7) is 9.85. The average Bonchev–Trinajstić information content (AvgIpc) is 2.27. The van der Waals surface area contributed by atoms with E-state index in [9.17, 15) is 0 Å². The fraction of sp³-hybridized carbons (Fsp3) is 0.200. The monoisotopic (exact) mass is 200 g/mol. The van der Waals surface area contributed by atoms with Crippen molar-refractivity contribution < 1.29 is 0 Å². The molecule has 0 aliphatic rings. The van der Waals surface area contributed by atoms with Gasteiger partial charge in [0.1, 0.15) is 0 Å². The summed E-state index contributed by atoms with van der Waals surface area (Å²) >= 11 is 0. The molecule has 0 aliphatic heterocycles. The van der Waals surface area contributed by atoms with E-state index in [-0.39, 0.29) is 0 Å². The standard InChI is InChI=1S/C15H20/c1-5-9-11-13-15(8-4)14(7-3)12-10-6-2/h5-13H,3H2,1-2,4H3/b9-5-,10-6-,13-11-,14-12-,15-8-. The highest BCUT2D eigenvalue weighted by atomic mass is 14.0. The number of hydrogen-bond acceptors (Lipinski definition) is 0. The molecule has 0 aromatic heterocycles. The second-order valence-electron chi connectivity index (χ2n) is 2.98. The summed E-state index contributed by atoms with van der Waals surface area (Å²) in [5.41, 5.74) is 2.32. The topological polar surface area (TPSA) is 0 Å². The largest absolute Gasteiger partial charge is 0.0984 e. The fourth-order valence-electron chi connectivity index (χ4n) is 1.11. The van der Waals surface area contributed by atoms with E-state index in [2.05, 4.69) is 24.8 Å². The molecule has 80 valence electrons. The first-order chi connectivity index (χ1) is 7.29. The third-order valence-corrected chi connectivity index (χ3v) is 1.91. The first kappa shape index (κ1) is 13.4. The first-order valence-corrected chi connectivity index (χ1v) is 5.21. The Labute approximate surface area is 93.7 Å². The van der Waals surface area contributed by atoms with Gasteiger partial charge in [0.15, 0.2) is 0 Å². The molecule has 0 rings (SSSR count). The van der Waals surface area contributed by atoms with Gasteiger partial charge in [0.05, 0.1) is 0 Å². The molecule has 0 saturated heterocycles. The van der Waals surface area contributed by atoms with Gasteiger partial charge in [-0.3, -0.25) is 0 Å². The van der Waals surface area contributed by atoms with Gasteiger partial charge in [0.25, 0.3) is 0 Å². The Morgan fingerprint density at radius 2 is 1.53 bits per heavy atom. The van der Waals surface area contributed by atoms with Crippen molar-refractivity contribution in [3.8, 4) is 0 Å². The Bertz CT molecular complexity index is 320. The van der Waals surface area contributed by atoms with Crippen molar-refractivity contribution in [2.24, 2.45) is 0 Å². The quantitative estimate of drug-likeness (QED) is 0.562. The second-order valence-corrected chi connectivity index (χ2v) is 2.98. The maximum Gasteiger partial charge on any atom is -0.0193 e. The van der Waals surface area contributed by atoms with Crippen molar-refractivity contribution in [3.63, 3.8) is 0 Å². The fourth-order valence-corrected chi connectivity index (χ4v) is 1.11. The van der Waals surface area contributed by atoms with Crippen LogP contribution in [0, 0.1) is 0 Å². The van der Waals surface area contributed by atoms with Crippen LogP contribution in [0.25, 0.3) is 0 Å². The van der Waals surface area contributed by atoms with Gasteiger partial charge in [-0.05, 0) is 31.9 Å². The van der Waals surface area contributed by atoms with Gasteiger partial charge in [-0.25, -0.2) is 0 Å². The van der Waals surface area contributed by atoms with Gasteiger partial charge in [-0.2, -0.15) is 0 Å². The summed E-state index contributed by atoms with van der Waals surface area (Å²) < 4.78 is 0. The van der Waals surface area contributed by atoms with Gasteiger partial charge in [0, 0.05) is 0 Å². The van der Waals surface area contributed by atoms with E-state index >= 15 is 0 Å². The zero-order valence-electron chi connectivity index (χ0n) is 9.90. The molecule has 0 aromatic rings. The highest BCUT2D eigenvalue weighted by Gasteiger charge is 1.93. The SMILES string of the molecule is C=CC(=C/C=C\C)/C(/C=C\C=C/C)=C\C. The van der Waals surface area contributed by atoms with Gasteiger partial charge < -0.3 is 0 Å². The number of hydrogen-bond donors (Lipinski definition) is 0. The minimum absolute atomic E-state index is 1.14. The van der Waals surface area contributed by atoms with Crippen LogP contribution in [0.5, 0.6) is 0 Å². The molecule has 0 aromatic carbocycles.